The van der Waals surface area contributed by atoms with Crippen LogP contribution >= 0.6 is 23.2 Å². The summed E-state index contributed by atoms with van der Waals surface area (Å²) in [6.07, 6.45) is 0. The van der Waals surface area contributed by atoms with Crippen LogP contribution in [0.25, 0.3) is 0 Å². The number of benzene rings is 2. The van der Waals surface area contributed by atoms with Crippen molar-refractivity contribution in [3.05, 3.63) is 63.6 Å². The molecule has 30 heavy (non-hydrogen) atoms. The zero-order valence-corrected chi connectivity index (χ0v) is 19.5. The molecule has 0 aliphatic carbocycles. The summed E-state index contributed by atoms with van der Waals surface area (Å²) < 4.78 is 5.67. The van der Waals surface area contributed by atoms with Gasteiger partial charge in [-0.15, -0.1) is 0 Å². The fraction of sp³-hybridized carbons (Fsp3) is 0.391. The van der Waals surface area contributed by atoms with E-state index in [9.17, 15) is 9.59 Å². The molecular formula is C23H28Cl2N2O3. The molecule has 0 bridgehead atoms. The minimum Gasteiger partial charge on any atom is -0.484 e. The minimum atomic E-state index is -0.678. The summed E-state index contributed by atoms with van der Waals surface area (Å²) in [4.78, 5) is 27.3. The second-order valence-electron chi connectivity index (χ2n) is 8.26. The molecule has 0 saturated heterocycles. The molecule has 2 rings (SSSR count). The first-order chi connectivity index (χ1) is 14.0. The van der Waals surface area contributed by atoms with Gasteiger partial charge in [-0.1, -0.05) is 35.3 Å². The van der Waals surface area contributed by atoms with Gasteiger partial charge in [0.25, 0.3) is 5.91 Å². The fourth-order valence-electron chi connectivity index (χ4n) is 2.78. The smallest absolute Gasteiger partial charge is 0.261 e. The van der Waals surface area contributed by atoms with E-state index in [0.717, 1.165) is 11.1 Å². The fourth-order valence-corrected chi connectivity index (χ4v) is 3.02. The number of aryl methyl sites for hydroxylation is 1. The summed E-state index contributed by atoms with van der Waals surface area (Å²) in [5.74, 6) is 0.0183. The van der Waals surface area contributed by atoms with E-state index in [2.05, 4.69) is 5.32 Å². The van der Waals surface area contributed by atoms with Gasteiger partial charge in [0, 0.05) is 22.1 Å². The van der Waals surface area contributed by atoms with Crippen LogP contribution < -0.4 is 10.1 Å². The van der Waals surface area contributed by atoms with Crippen LogP contribution in [0.1, 0.15) is 38.8 Å². The number of carbonyl (C=O) groups is 2. The number of rotatable bonds is 7. The van der Waals surface area contributed by atoms with E-state index in [-0.39, 0.29) is 25.0 Å². The predicted molar refractivity (Wildman–Crippen MR) is 121 cm³/mol. The molecule has 7 heteroatoms. The van der Waals surface area contributed by atoms with Gasteiger partial charge in [-0.2, -0.15) is 0 Å². The van der Waals surface area contributed by atoms with E-state index in [1.165, 1.54) is 4.90 Å². The molecule has 2 aromatic carbocycles. The number of nitrogens with zero attached hydrogens (tertiary/aromatic N) is 1. The van der Waals surface area contributed by atoms with E-state index in [1.54, 1.807) is 37.3 Å². The van der Waals surface area contributed by atoms with Crippen molar-refractivity contribution >= 4 is 35.0 Å². The maximum absolute atomic E-state index is 13.0. The average molecular weight is 451 g/mol. The Morgan fingerprint density at radius 3 is 2.30 bits per heavy atom. The first-order valence-electron chi connectivity index (χ1n) is 9.71. The Labute approximate surface area is 188 Å². The van der Waals surface area contributed by atoms with Gasteiger partial charge >= 0.3 is 0 Å². The van der Waals surface area contributed by atoms with Crippen LogP contribution in [0.15, 0.2) is 42.5 Å². The van der Waals surface area contributed by atoms with Gasteiger partial charge in [-0.25, -0.2) is 0 Å². The maximum Gasteiger partial charge on any atom is 0.261 e. The molecule has 0 heterocycles. The summed E-state index contributed by atoms with van der Waals surface area (Å²) >= 11 is 12.0. The number of ether oxygens (including phenoxy) is 1. The van der Waals surface area contributed by atoms with Crippen molar-refractivity contribution in [1.29, 1.82) is 0 Å². The molecule has 0 aliphatic rings. The van der Waals surface area contributed by atoms with E-state index in [1.807, 2.05) is 39.8 Å². The van der Waals surface area contributed by atoms with Gasteiger partial charge in [-0.3, -0.25) is 9.59 Å². The molecule has 1 atom stereocenters. The Bertz CT molecular complexity index is 892. The summed E-state index contributed by atoms with van der Waals surface area (Å²) in [5, 5.41) is 4.17. The standard InChI is InChI=1S/C23H28Cl2N2O3/c1-15-12-19(10-11-20(15)25)30-14-21(28)27(13-17-6-8-18(24)9-7-17)16(2)22(29)26-23(3,4)5/h6-12,16H,13-14H2,1-5H3,(H,26,29)/t16-/m0/s1. The number of carbonyl (C=O) groups excluding carboxylic acids is 2. The number of hydrogen-bond donors (Lipinski definition) is 1. The Morgan fingerprint density at radius 1 is 1.10 bits per heavy atom. The summed E-state index contributed by atoms with van der Waals surface area (Å²) in [7, 11) is 0. The highest BCUT2D eigenvalue weighted by molar-refractivity contribution is 6.31. The monoisotopic (exact) mass is 450 g/mol. The van der Waals surface area contributed by atoms with E-state index < -0.39 is 11.6 Å². The Hall–Kier alpha value is -2.24. The summed E-state index contributed by atoms with van der Waals surface area (Å²) in [6, 6.07) is 11.7. The van der Waals surface area contributed by atoms with Crippen molar-refractivity contribution in [1.82, 2.24) is 10.2 Å². The van der Waals surface area contributed by atoms with E-state index in [0.29, 0.717) is 15.8 Å². The molecule has 2 aromatic rings. The zero-order valence-electron chi connectivity index (χ0n) is 18.0. The van der Waals surface area contributed by atoms with Crippen molar-refractivity contribution < 1.29 is 14.3 Å². The highest BCUT2D eigenvalue weighted by Crippen LogP contribution is 2.21. The van der Waals surface area contributed by atoms with Crippen molar-refractivity contribution in [3.63, 3.8) is 0 Å². The molecule has 0 aromatic heterocycles. The van der Waals surface area contributed by atoms with Crippen LogP contribution in [0.2, 0.25) is 10.0 Å². The van der Waals surface area contributed by atoms with E-state index in [4.69, 9.17) is 27.9 Å². The van der Waals surface area contributed by atoms with Crippen LogP contribution in [0.3, 0.4) is 0 Å². The van der Waals surface area contributed by atoms with Gasteiger partial charge in [0.05, 0.1) is 0 Å². The van der Waals surface area contributed by atoms with Gasteiger partial charge in [-0.05, 0) is 76.1 Å². The second kappa shape index (κ2) is 10.2. The van der Waals surface area contributed by atoms with Crippen molar-refractivity contribution in [2.24, 2.45) is 0 Å². The number of halogens is 2. The molecule has 2 amide bonds. The molecular weight excluding hydrogens is 423 g/mol. The molecule has 0 aliphatic heterocycles. The molecule has 0 saturated carbocycles. The van der Waals surface area contributed by atoms with Crippen LogP contribution in [0.4, 0.5) is 0 Å². The lowest BCUT2D eigenvalue weighted by Gasteiger charge is -2.31. The molecule has 0 fully saturated rings. The second-order valence-corrected chi connectivity index (χ2v) is 9.11. The summed E-state index contributed by atoms with van der Waals surface area (Å²) in [5.41, 5.74) is 1.32. The normalized spacial score (nSPS) is 12.2. The van der Waals surface area contributed by atoms with Gasteiger partial charge in [0.1, 0.15) is 11.8 Å². The van der Waals surface area contributed by atoms with Crippen molar-refractivity contribution in [2.75, 3.05) is 6.61 Å². The SMILES string of the molecule is Cc1cc(OCC(=O)N(Cc2ccc(Cl)cc2)[C@@H](C)C(=O)NC(C)(C)C)ccc1Cl. The lowest BCUT2D eigenvalue weighted by atomic mass is 10.1. The predicted octanol–water partition coefficient (Wildman–Crippen LogP) is 5.01. The largest absolute Gasteiger partial charge is 0.484 e. The number of amides is 2. The Morgan fingerprint density at radius 2 is 1.73 bits per heavy atom. The molecule has 5 nitrogen and oxygen atoms in total. The Balaban J connectivity index is 2.17. The third-order valence-corrected chi connectivity index (χ3v) is 5.10. The third-order valence-electron chi connectivity index (χ3n) is 4.42. The lowest BCUT2D eigenvalue weighted by Crippen LogP contribution is -2.53. The quantitative estimate of drug-likeness (QED) is 0.644. The van der Waals surface area contributed by atoms with Gasteiger partial charge in [0.2, 0.25) is 5.91 Å². The maximum atomic E-state index is 13.0. The summed E-state index contributed by atoms with van der Waals surface area (Å²) in [6.45, 7) is 9.34. The highest BCUT2D eigenvalue weighted by Gasteiger charge is 2.28. The van der Waals surface area contributed by atoms with Crippen LogP contribution in [0, 0.1) is 6.92 Å². The number of nitrogens with one attached hydrogen (secondary N) is 1. The molecule has 0 unspecified atom stereocenters. The first-order valence-corrected chi connectivity index (χ1v) is 10.5. The van der Waals surface area contributed by atoms with Crippen molar-refractivity contribution in [2.45, 2.75) is 52.7 Å². The van der Waals surface area contributed by atoms with Gasteiger partial charge in [0.15, 0.2) is 6.61 Å². The molecule has 0 spiro atoms. The van der Waals surface area contributed by atoms with Crippen LogP contribution in [-0.4, -0.2) is 34.9 Å². The van der Waals surface area contributed by atoms with E-state index >= 15 is 0 Å². The highest BCUT2D eigenvalue weighted by atomic mass is 35.5. The number of hydrogen-bond acceptors (Lipinski definition) is 3. The molecule has 0 radical (unpaired) electrons. The lowest BCUT2D eigenvalue weighted by molar-refractivity contribution is -0.142. The van der Waals surface area contributed by atoms with Crippen molar-refractivity contribution in [3.8, 4) is 5.75 Å². The average Bonchev–Trinajstić information content (AvgIpc) is 2.66. The van der Waals surface area contributed by atoms with Crippen LogP contribution in [-0.2, 0) is 16.1 Å². The topological polar surface area (TPSA) is 58.6 Å². The Kier molecular flexibility index (Phi) is 8.16. The minimum absolute atomic E-state index is 0.193. The van der Waals surface area contributed by atoms with Crippen LogP contribution in [0.5, 0.6) is 5.75 Å². The zero-order chi connectivity index (χ0) is 22.5. The third kappa shape index (κ3) is 7.22. The molecule has 1 N–H and O–H groups in total. The molecule has 162 valence electrons. The van der Waals surface area contributed by atoms with Gasteiger partial charge < -0.3 is 15.0 Å². The first kappa shape index (κ1) is 24.0.